The minimum Gasteiger partial charge on any atom is -0.490 e. The van der Waals surface area contributed by atoms with Crippen molar-refractivity contribution in [1.29, 1.82) is 0 Å². The summed E-state index contributed by atoms with van der Waals surface area (Å²) in [6.45, 7) is 4.82. The average Bonchev–Trinajstić information content (AvgIpc) is 2.88. The van der Waals surface area contributed by atoms with Crippen molar-refractivity contribution in [3.05, 3.63) is 30.0 Å². The second-order valence-electron chi connectivity index (χ2n) is 4.18. The summed E-state index contributed by atoms with van der Waals surface area (Å²) in [5.74, 6) is 1.11. The fourth-order valence-corrected chi connectivity index (χ4v) is 1.80. The monoisotopic (exact) mass is 290 g/mol. The molecule has 7 nitrogen and oxygen atoms in total. The zero-order chi connectivity index (χ0) is 15.2. The van der Waals surface area contributed by atoms with Crippen LogP contribution in [0, 0.1) is 0 Å². The fourth-order valence-electron chi connectivity index (χ4n) is 1.80. The maximum atomic E-state index is 12.1. The van der Waals surface area contributed by atoms with Crippen molar-refractivity contribution in [2.75, 3.05) is 24.3 Å². The normalized spacial score (nSPS) is 10.2. The lowest BCUT2D eigenvalue weighted by Gasteiger charge is -2.12. The van der Waals surface area contributed by atoms with Crippen LogP contribution in [0.1, 0.15) is 24.2 Å². The summed E-state index contributed by atoms with van der Waals surface area (Å²) in [5, 5.41) is 8.97. The summed E-state index contributed by atoms with van der Waals surface area (Å²) < 4.78 is 11.0. The number of benzene rings is 1. The highest BCUT2D eigenvalue weighted by molar-refractivity contribution is 6.07. The van der Waals surface area contributed by atoms with E-state index in [0.29, 0.717) is 36.0 Å². The molecule has 112 valence electrons. The lowest BCUT2D eigenvalue weighted by atomic mass is 10.2. The molecule has 2 rings (SSSR count). The van der Waals surface area contributed by atoms with Gasteiger partial charge in [-0.3, -0.25) is 9.89 Å². The third-order valence-corrected chi connectivity index (χ3v) is 2.71. The number of carbonyl (C=O) groups is 1. The number of H-pyrrole nitrogens is 1. The molecule has 0 atom stereocenters. The van der Waals surface area contributed by atoms with Gasteiger partial charge in [0.05, 0.1) is 19.4 Å². The predicted molar refractivity (Wildman–Crippen MR) is 79.7 cm³/mol. The van der Waals surface area contributed by atoms with Gasteiger partial charge in [0.1, 0.15) is 11.4 Å². The van der Waals surface area contributed by atoms with Crippen LogP contribution >= 0.6 is 0 Å². The van der Waals surface area contributed by atoms with E-state index in [0.717, 1.165) is 0 Å². The number of amides is 1. The van der Waals surface area contributed by atoms with E-state index in [1.54, 1.807) is 18.2 Å². The van der Waals surface area contributed by atoms with Crippen LogP contribution in [0.4, 0.5) is 11.5 Å². The minimum absolute atomic E-state index is 0.225. The number of aromatic amines is 1. The van der Waals surface area contributed by atoms with Gasteiger partial charge in [0.25, 0.3) is 5.91 Å². The van der Waals surface area contributed by atoms with Crippen molar-refractivity contribution in [3.8, 4) is 11.5 Å². The van der Waals surface area contributed by atoms with Crippen molar-refractivity contribution < 1.29 is 14.3 Å². The summed E-state index contributed by atoms with van der Waals surface area (Å²) in [4.78, 5) is 12.1. The number of nitrogens with zero attached hydrogens (tertiary/aromatic N) is 1. The van der Waals surface area contributed by atoms with Gasteiger partial charge in [0.15, 0.2) is 11.5 Å². The molecule has 0 aliphatic carbocycles. The van der Waals surface area contributed by atoms with Crippen molar-refractivity contribution in [1.82, 2.24) is 10.2 Å². The van der Waals surface area contributed by atoms with Gasteiger partial charge < -0.3 is 20.5 Å². The first-order valence-electron chi connectivity index (χ1n) is 6.65. The summed E-state index contributed by atoms with van der Waals surface area (Å²) in [7, 11) is 0. The van der Waals surface area contributed by atoms with Crippen LogP contribution in [0.2, 0.25) is 0 Å². The Labute approximate surface area is 122 Å². The van der Waals surface area contributed by atoms with E-state index in [1.165, 1.54) is 6.20 Å². The molecule has 0 aliphatic heterocycles. The molecule has 0 unspecified atom stereocenters. The zero-order valence-electron chi connectivity index (χ0n) is 12.0. The Balaban J connectivity index is 2.18. The SMILES string of the molecule is CCOc1ccc(NC(=O)c2cn[nH]c2N)cc1OCC. The number of nitrogens with one attached hydrogen (secondary N) is 2. The molecule has 7 heteroatoms. The third-order valence-electron chi connectivity index (χ3n) is 2.71. The first kappa shape index (κ1) is 14.7. The van der Waals surface area contributed by atoms with Gasteiger partial charge in [0, 0.05) is 11.8 Å². The van der Waals surface area contributed by atoms with Crippen LogP contribution in [-0.4, -0.2) is 29.3 Å². The molecule has 2 aromatic rings. The molecule has 1 amide bonds. The highest BCUT2D eigenvalue weighted by atomic mass is 16.5. The quantitative estimate of drug-likeness (QED) is 0.755. The Morgan fingerprint density at radius 1 is 1.29 bits per heavy atom. The van der Waals surface area contributed by atoms with Gasteiger partial charge >= 0.3 is 0 Å². The van der Waals surface area contributed by atoms with E-state index in [1.807, 2.05) is 13.8 Å². The van der Waals surface area contributed by atoms with Crippen LogP contribution in [0.3, 0.4) is 0 Å². The Morgan fingerprint density at radius 2 is 2.00 bits per heavy atom. The summed E-state index contributed by atoms with van der Waals surface area (Å²) in [6, 6.07) is 5.20. The molecule has 1 aromatic heterocycles. The van der Waals surface area contributed by atoms with Gasteiger partial charge in [0.2, 0.25) is 0 Å². The number of ether oxygens (including phenoxy) is 2. The largest absolute Gasteiger partial charge is 0.490 e. The summed E-state index contributed by atoms with van der Waals surface area (Å²) in [6.07, 6.45) is 1.38. The second-order valence-corrected chi connectivity index (χ2v) is 4.18. The van der Waals surface area contributed by atoms with Crippen LogP contribution in [0.5, 0.6) is 11.5 Å². The van der Waals surface area contributed by atoms with Crippen LogP contribution < -0.4 is 20.5 Å². The number of hydrogen-bond acceptors (Lipinski definition) is 5. The molecule has 0 radical (unpaired) electrons. The van der Waals surface area contributed by atoms with E-state index < -0.39 is 0 Å². The van der Waals surface area contributed by atoms with E-state index in [9.17, 15) is 4.79 Å². The molecule has 0 aliphatic rings. The topological polar surface area (TPSA) is 102 Å². The number of nitrogen functional groups attached to an aromatic ring is 1. The summed E-state index contributed by atoms with van der Waals surface area (Å²) in [5.41, 5.74) is 6.50. The lowest BCUT2D eigenvalue weighted by Crippen LogP contribution is -2.13. The zero-order valence-corrected chi connectivity index (χ0v) is 12.0. The van der Waals surface area contributed by atoms with Crippen molar-refractivity contribution in [2.45, 2.75) is 13.8 Å². The first-order chi connectivity index (χ1) is 10.2. The highest BCUT2D eigenvalue weighted by Gasteiger charge is 2.13. The van der Waals surface area contributed by atoms with Crippen molar-refractivity contribution >= 4 is 17.4 Å². The maximum absolute atomic E-state index is 12.1. The Kier molecular flexibility index (Phi) is 4.65. The molecule has 21 heavy (non-hydrogen) atoms. The van der Waals surface area contributed by atoms with Gasteiger partial charge in [-0.1, -0.05) is 0 Å². The van der Waals surface area contributed by atoms with Crippen LogP contribution in [0.25, 0.3) is 0 Å². The van der Waals surface area contributed by atoms with Gasteiger partial charge in [-0.25, -0.2) is 0 Å². The van der Waals surface area contributed by atoms with Crippen molar-refractivity contribution in [2.24, 2.45) is 0 Å². The van der Waals surface area contributed by atoms with Gasteiger partial charge in [-0.15, -0.1) is 0 Å². The molecule has 0 saturated heterocycles. The van der Waals surface area contributed by atoms with Crippen molar-refractivity contribution in [3.63, 3.8) is 0 Å². The van der Waals surface area contributed by atoms with E-state index >= 15 is 0 Å². The Morgan fingerprint density at radius 3 is 2.62 bits per heavy atom. The predicted octanol–water partition coefficient (Wildman–Crippen LogP) is 2.04. The van der Waals surface area contributed by atoms with Gasteiger partial charge in [-0.2, -0.15) is 5.10 Å². The first-order valence-corrected chi connectivity index (χ1v) is 6.65. The molecule has 0 saturated carbocycles. The standard InChI is InChI=1S/C14H18N4O3/c1-3-20-11-6-5-9(7-12(11)21-4-2)17-14(19)10-8-16-18-13(10)15/h5-8H,3-4H2,1-2H3,(H,17,19)(H3,15,16,18). The maximum Gasteiger partial charge on any atom is 0.261 e. The molecule has 1 aromatic carbocycles. The van der Waals surface area contributed by atoms with Crippen LogP contribution in [-0.2, 0) is 0 Å². The Bertz CT molecular complexity index is 624. The molecule has 0 spiro atoms. The lowest BCUT2D eigenvalue weighted by molar-refractivity contribution is 0.102. The van der Waals surface area contributed by atoms with E-state index in [-0.39, 0.29) is 11.7 Å². The average molecular weight is 290 g/mol. The molecule has 4 N–H and O–H groups in total. The third kappa shape index (κ3) is 3.44. The number of aromatic nitrogens is 2. The van der Waals surface area contributed by atoms with Crippen LogP contribution in [0.15, 0.2) is 24.4 Å². The summed E-state index contributed by atoms with van der Waals surface area (Å²) >= 11 is 0. The smallest absolute Gasteiger partial charge is 0.261 e. The number of rotatable bonds is 6. The molecular weight excluding hydrogens is 272 g/mol. The molecule has 0 fully saturated rings. The number of anilines is 2. The van der Waals surface area contributed by atoms with E-state index in [2.05, 4.69) is 15.5 Å². The fraction of sp³-hybridized carbons (Fsp3) is 0.286. The number of carbonyl (C=O) groups excluding carboxylic acids is 1. The number of hydrogen-bond donors (Lipinski definition) is 3. The van der Waals surface area contributed by atoms with Gasteiger partial charge in [-0.05, 0) is 26.0 Å². The molecule has 1 heterocycles. The highest BCUT2D eigenvalue weighted by Crippen LogP contribution is 2.30. The van der Waals surface area contributed by atoms with E-state index in [4.69, 9.17) is 15.2 Å². The molecule has 0 bridgehead atoms. The minimum atomic E-state index is -0.340. The Hall–Kier alpha value is -2.70. The number of nitrogens with two attached hydrogens (primary N) is 1. The second kappa shape index (κ2) is 6.65. The molecular formula is C14H18N4O3.